The molecule has 0 spiro atoms. The van der Waals surface area contributed by atoms with E-state index in [1.165, 1.54) is 0 Å². The molecule has 5 nitrogen and oxygen atoms in total. The van der Waals surface area contributed by atoms with E-state index < -0.39 is 0 Å². The van der Waals surface area contributed by atoms with Gasteiger partial charge in [-0.1, -0.05) is 36.8 Å². The zero-order chi connectivity index (χ0) is 16.5. The van der Waals surface area contributed by atoms with Crippen molar-refractivity contribution in [3.63, 3.8) is 0 Å². The zero-order valence-electron chi connectivity index (χ0n) is 14.0. The van der Waals surface area contributed by atoms with Crippen LogP contribution in [0.4, 0.5) is 0 Å². The van der Waals surface area contributed by atoms with Gasteiger partial charge < -0.3 is 4.74 Å². The van der Waals surface area contributed by atoms with E-state index in [-0.39, 0.29) is 0 Å². The molecule has 0 atom stereocenters. The molecule has 0 saturated heterocycles. The Morgan fingerprint density at radius 1 is 1.22 bits per heavy atom. The van der Waals surface area contributed by atoms with Crippen LogP contribution in [-0.4, -0.2) is 27.9 Å². The number of aryl methyl sites for hydroxylation is 2. The maximum Gasteiger partial charge on any atom is 0.172 e. The molecule has 1 aromatic carbocycles. The lowest BCUT2D eigenvalue weighted by molar-refractivity contribution is 0.111. The SMILES string of the molecule is CCCCc1c(C=O)nnn1CCCCOc1ccccc1C. The van der Waals surface area contributed by atoms with Gasteiger partial charge in [0.1, 0.15) is 11.4 Å². The normalized spacial score (nSPS) is 10.7. The van der Waals surface area contributed by atoms with Crippen LogP contribution >= 0.6 is 0 Å². The van der Waals surface area contributed by atoms with Gasteiger partial charge in [-0.3, -0.25) is 4.79 Å². The molecule has 0 aliphatic heterocycles. The first kappa shape index (κ1) is 17.2. The third kappa shape index (κ3) is 4.91. The largest absolute Gasteiger partial charge is 0.493 e. The highest BCUT2D eigenvalue weighted by Gasteiger charge is 2.11. The number of hydrogen-bond donors (Lipinski definition) is 0. The molecule has 124 valence electrons. The van der Waals surface area contributed by atoms with Gasteiger partial charge in [0.15, 0.2) is 6.29 Å². The average Bonchev–Trinajstić information content (AvgIpc) is 2.96. The number of para-hydroxylation sites is 1. The maximum absolute atomic E-state index is 11.0. The van der Waals surface area contributed by atoms with Crippen LogP contribution in [0.1, 0.15) is 54.4 Å². The molecule has 23 heavy (non-hydrogen) atoms. The van der Waals surface area contributed by atoms with E-state index in [0.29, 0.717) is 12.3 Å². The highest BCUT2D eigenvalue weighted by Crippen LogP contribution is 2.16. The monoisotopic (exact) mass is 315 g/mol. The maximum atomic E-state index is 11.0. The van der Waals surface area contributed by atoms with E-state index in [0.717, 1.165) is 61.9 Å². The van der Waals surface area contributed by atoms with Crippen LogP contribution in [-0.2, 0) is 13.0 Å². The van der Waals surface area contributed by atoms with E-state index in [1.807, 2.05) is 35.9 Å². The molecular formula is C18H25N3O2. The van der Waals surface area contributed by atoms with Gasteiger partial charge in [-0.2, -0.15) is 0 Å². The summed E-state index contributed by atoms with van der Waals surface area (Å²) >= 11 is 0. The van der Waals surface area contributed by atoms with Gasteiger partial charge in [0.2, 0.25) is 0 Å². The first-order valence-corrected chi connectivity index (χ1v) is 8.32. The Balaban J connectivity index is 1.79. The average molecular weight is 315 g/mol. The summed E-state index contributed by atoms with van der Waals surface area (Å²) in [6, 6.07) is 8.03. The molecule has 0 fully saturated rings. The van der Waals surface area contributed by atoms with E-state index in [4.69, 9.17) is 4.74 Å². The number of carbonyl (C=O) groups is 1. The molecule has 0 aliphatic rings. The number of hydrogen-bond acceptors (Lipinski definition) is 4. The molecule has 5 heteroatoms. The second-order valence-electron chi connectivity index (χ2n) is 5.69. The van der Waals surface area contributed by atoms with Crippen LogP contribution in [0.5, 0.6) is 5.75 Å². The summed E-state index contributed by atoms with van der Waals surface area (Å²) in [4.78, 5) is 11.0. The third-order valence-corrected chi connectivity index (χ3v) is 3.86. The Morgan fingerprint density at radius 3 is 2.78 bits per heavy atom. The number of carbonyl (C=O) groups excluding carboxylic acids is 1. The molecule has 0 amide bonds. The summed E-state index contributed by atoms with van der Waals surface area (Å²) in [7, 11) is 0. The van der Waals surface area contributed by atoms with Crippen molar-refractivity contribution in [3.8, 4) is 5.75 Å². The molecule has 0 unspecified atom stereocenters. The van der Waals surface area contributed by atoms with Crippen molar-refractivity contribution in [2.75, 3.05) is 6.61 Å². The van der Waals surface area contributed by atoms with Crippen molar-refractivity contribution in [1.82, 2.24) is 15.0 Å². The van der Waals surface area contributed by atoms with Gasteiger partial charge in [-0.25, -0.2) is 4.68 Å². The van der Waals surface area contributed by atoms with Crippen LogP contribution in [0.3, 0.4) is 0 Å². The highest BCUT2D eigenvalue weighted by atomic mass is 16.5. The topological polar surface area (TPSA) is 57.0 Å². The Kier molecular flexibility index (Phi) is 6.78. The molecular weight excluding hydrogens is 290 g/mol. The summed E-state index contributed by atoms with van der Waals surface area (Å²) in [5, 5.41) is 8.06. The van der Waals surface area contributed by atoms with Crippen molar-refractivity contribution < 1.29 is 9.53 Å². The predicted molar refractivity (Wildman–Crippen MR) is 89.9 cm³/mol. The Morgan fingerprint density at radius 2 is 2.04 bits per heavy atom. The number of aldehydes is 1. The first-order valence-electron chi connectivity index (χ1n) is 8.32. The van der Waals surface area contributed by atoms with Crippen LogP contribution in [0.15, 0.2) is 24.3 Å². The molecule has 0 N–H and O–H groups in total. The minimum Gasteiger partial charge on any atom is -0.493 e. The number of aromatic nitrogens is 3. The quantitative estimate of drug-likeness (QED) is 0.496. The Labute approximate surface area is 137 Å². The van der Waals surface area contributed by atoms with Gasteiger partial charge >= 0.3 is 0 Å². The van der Waals surface area contributed by atoms with Crippen molar-refractivity contribution in [3.05, 3.63) is 41.2 Å². The van der Waals surface area contributed by atoms with Gasteiger partial charge in [0.25, 0.3) is 0 Å². The fourth-order valence-corrected chi connectivity index (χ4v) is 2.48. The van der Waals surface area contributed by atoms with Gasteiger partial charge in [0, 0.05) is 6.54 Å². The lowest BCUT2D eigenvalue weighted by atomic mass is 10.1. The Hall–Kier alpha value is -2.17. The first-order chi connectivity index (χ1) is 11.3. The summed E-state index contributed by atoms with van der Waals surface area (Å²) in [6.07, 6.45) is 5.69. The van der Waals surface area contributed by atoms with Crippen LogP contribution < -0.4 is 4.74 Å². The number of ether oxygens (including phenoxy) is 1. The van der Waals surface area contributed by atoms with Crippen molar-refractivity contribution in [2.24, 2.45) is 0 Å². The van der Waals surface area contributed by atoms with Gasteiger partial charge in [-0.15, -0.1) is 5.10 Å². The lowest BCUT2D eigenvalue weighted by Crippen LogP contribution is -2.08. The summed E-state index contributed by atoms with van der Waals surface area (Å²) < 4.78 is 7.66. The number of benzene rings is 1. The van der Waals surface area contributed by atoms with Gasteiger partial charge in [-0.05, 0) is 44.2 Å². The molecule has 1 heterocycles. The fraction of sp³-hybridized carbons (Fsp3) is 0.500. The molecule has 0 saturated carbocycles. The van der Waals surface area contributed by atoms with Gasteiger partial charge in [0.05, 0.1) is 12.3 Å². The zero-order valence-corrected chi connectivity index (χ0v) is 14.0. The minimum absolute atomic E-state index is 0.481. The van der Waals surface area contributed by atoms with E-state index >= 15 is 0 Å². The fourth-order valence-electron chi connectivity index (χ4n) is 2.48. The smallest absolute Gasteiger partial charge is 0.172 e. The van der Waals surface area contributed by atoms with Crippen molar-refractivity contribution in [2.45, 2.75) is 52.5 Å². The Bertz CT molecular complexity index is 622. The van der Waals surface area contributed by atoms with Crippen LogP contribution in [0.25, 0.3) is 0 Å². The lowest BCUT2D eigenvalue weighted by Gasteiger charge is -2.09. The second kappa shape index (κ2) is 9.08. The van der Waals surface area contributed by atoms with E-state index in [9.17, 15) is 4.79 Å². The number of unbranched alkanes of at least 4 members (excludes halogenated alkanes) is 2. The summed E-state index contributed by atoms with van der Waals surface area (Å²) in [5.41, 5.74) is 2.59. The molecule has 0 aliphatic carbocycles. The predicted octanol–water partition coefficient (Wildman–Crippen LogP) is 3.60. The molecule has 2 aromatic rings. The molecule has 1 aromatic heterocycles. The summed E-state index contributed by atoms with van der Waals surface area (Å²) in [6.45, 7) is 5.64. The van der Waals surface area contributed by atoms with Crippen LogP contribution in [0.2, 0.25) is 0 Å². The second-order valence-corrected chi connectivity index (χ2v) is 5.69. The molecule has 2 rings (SSSR count). The third-order valence-electron chi connectivity index (χ3n) is 3.86. The molecule has 0 radical (unpaired) electrons. The van der Waals surface area contributed by atoms with Crippen LogP contribution in [0, 0.1) is 6.92 Å². The molecule has 0 bridgehead atoms. The number of nitrogens with zero attached hydrogens (tertiary/aromatic N) is 3. The highest BCUT2D eigenvalue weighted by molar-refractivity contribution is 5.73. The van der Waals surface area contributed by atoms with E-state index in [1.54, 1.807) is 0 Å². The number of rotatable bonds is 10. The minimum atomic E-state index is 0.481. The summed E-state index contributed by atoms with van der Waals surface area (Å²) in [5.74, 6) is 0.945. The van der Waals surface area contributed by atoms with Crippen molar-refractivity contribution in [1.29, 1.82) is 0 Å². The standard InChI is InChI=1S/C18H25N3O2/c1-3-4-10-17-16(14-22)19-20-21(17)12-7-8-13-23-18-11-6-5-9-15(18)2/h5-6,9,11,14H,3-4,7-8,10,12-13H2,1-2H3. The van der Waals surface area contributed by atoms with E-state index in [2.05, 4.69) is 17.2 Å². The van der Waals surface area contributed by atoms with Crippen molar-refractivity contribution >= 4 is 6.29 Å².